The smallest absolute Gasteiger partial charge is 0.394 e. The highest BCUT2D eigenvalue weighted by atomic mass is 28.4. The summed E-state index contributed by atoms with van der Waals surface area (Å²) in [6.07, 6.45) is -12.5. The standard InChI is InChI=1S/C18H32F8O2Si/c1-5-7-9-11-13-15(19,17(21,22)23)29(27-3,28-4)16(20,18(24,25)26)14-12-10-8-6-2/h5-14H2,1-4H3. The van der Waals surface area contributed by atoms with E-state index in [1.54, 1.807) is 13.8 Å². The Balaban J connectivity index is 6.37. The first kappa shape index (κ1) is 28.6. The van der Waals surface area contributed by atoms with E-state index in [4.69, 9.17) is 0 Å². The van der Waals surface area contributed by atoms with E-state index in [9.17, 15) is 26.3 Å². The first-order chi connectivity index (χ1) is 13.2. The molecule has 0 aromatic heterocycles. The molecule has 0 saturated carbocycles. The third kappa shape index (κ3) is 5.84. The van der Waals surface area contributed by atoms with Crippen LogP contribution in [0.15, 0.2) is 0 Å². The lowest BCUT2D eigenvalue weighted by molar-refractivity contribution is -0.245. The monoisotopic (exact) mass is 460 g/mol. The molecule has 0 aliphatic heterocycles. The highest BCUT2D eigenvalue weighted by Gasteiger charge is 2.86. The first-order valence-corrected chi connectivity index (χ1v) is 11.7. The van der Waals surface area contributed by atoms with Gasteiger partial charge in [0.2, 0.25) is 0 Å². The number of hydrogen-bond donors (Lipinski definition) is 0. The maximum atomic E-state index is 15.6. The maximum absolute atomic E-state index is 15.6. The van der Waals surface area contributed by atoms with Crippen molar-refractivity contribution in [1.29, 1.82) is 0 Å². The predicted octanol–water partition coefficient (Wildman–Crippen LogP) is 7.28. The Morgan fingerprint density at radius 2 is 0.862 bits per heavy atom. The first-order valence-electron chi connectivity index (χ1n) is 9.86. The molecule has 11 heteroatoms. The molecule has 0 spiro atoms. The average molecular weight is 461 g/mol. The number of rotatable bonds is 14. The second-order valence-electron chi connectivity index (χ2n) is 7.24. The maximum Gasteiger partial charge on any atom is 0.434 e. The van der Waals surface area contributed by atoms with Crippen LogP contribution in [-0.2, 0) is 8.85 Å². The zero-order chi connectivity index (χ0) is 23.0. The molecule has 0 aromatic rings. The minimum absolute atomic E-state index is 0.165. The van der Waals surface area contributed by atoms with Crippen LogP contribution in [0.2, 0.25) is 0 Å². The summed E-state index contributed by atoms with van der Waals surface area (Å²) < 4.78 is 123. The van der Waals surface area contributed by atoms with Gasteiger partial charge in [0.25, 0.3) is 10.6 Å². The molecule has 29 heavy (non-hydrogen) atoms. The Morgan fingerprint density at radius 1 is 0.552 bits per heavy atom. The van der Waals surface area contributed by atoms with Crippen LogP contribution < -0.4 is 0 Å². The van der Waals surface area contributed by atoms with E-state index in [1.807, 2.05) is 0 Å². The fourth-order valence-corrected chi connectivity index (χ4v) is 7.47. The Labute approximate surface area is 168 Å². The van der Waals surface area contributed by atoms with Crippen LogP contribution in [0.1, 0.15) is 78.1 Å². The van der Waals surface area contributed by atoms with Gasteiger partial charge in [0, 0.05) is 14.2 Å². The van der Waals surface area contributed by atoms with Crippen LogP contribution >= 0.6 is 0 Å². The van der Waals surface area contributed by atoms with Crippen molar-refractivity contribution in [1.82, 2.24) is 0 Å². The number of halogens is 8. The molecule has 2 atom stereocenters. The molecule has 0 heterocycles. The summed E-state index contributed by atoms with van der Waals surface area (Å²) in [4.78, 5) is 0. The van der Waals surface area contributed by atoms with Crippen molar-refractivity contribution in [2.45, 2.75) is 101 Å². The number of hydrogen-bond acceptors (Lipinski definition) is 2. The summed E-state index contributed by atoms with van der Waals surface area (Å²) in [5.74, 6) is 0. The van der Waals surface area contributed by atoms with Crippen LogP contribution in [0.3, 0.4) is 0 Å². The number of alkyl halides is 8. The summed E-state index contributed by atoms with van der Waals surface area (Å²) >= 11 is 0. The van der Waals surface area contributed by atoms with Crippen molar-refractivity contribution in [2.75, 3.05) is 14.2 Å². The fraction of sp³-hybridized carbons (Fsp3) is 1.00. The van der Waals surface area contributed by atoms with Gasteiger partial charge in [-0.25, -0.2) is 8.78 Å². The Bertz CT molecular complexity index is 430. The molecule has 0 aliphatic rings. The van der Waals surface area contributed by atoms with Gasteiger partial charge in [-0.1, -0.05) is 65.2 Å². The lowest BCUT2D eigenvalue weighted by atomic mass is 10.1. The van der Waals surface area contributed by atoms with Crippen LogP contribution in [0, 0.1) is 0 Å². The minimum Gasteiger partial charge on any atom is -0.394 e. The van der Waals surface area contributed by atoms with Gasteiger partial charge in [-0.15, -0.1) is 0 Å². The van der Waals surface area contributed by atoms with Gasteiger partial charge in [-0.2, -0.15) is 26.3 Å². The van der Waals surface area contributed by atoms with Gasteiger partial charge in [-0.3, -0.25) is 0 Å². The quantitative estimate of drug-likeness (QED) is 0.154. The molecule has 0 aliphatic carbocycles. The Hall–Kier alpha value is -0.423. The highest BCUT2D eigenvalue weighted by Crippen LogP contribution is 2.56. The van der Waals surface area contributed by atoms with Crippen molar-refractivity contribution in [3.05, 3.63) is 0 Å². The van der Waals surface area contributed by atoms with E-state index in [-0.39, 0.29) is 25.7 Å². The molecule has 0 N–H and O–H groups in total. The van der Waals surface area contributed by atoms with E-state index in [0.717, 1.165) is 0 Å². The zero-order valence-corrected chi connectivity index (χ0v) is 18.4. The third-order valence-corrected chi connectivity index (χ3v) is 9.57. The largest absolute Gasteiger partial charge is 0.434 e. The van der Waals surface area contributed by atoms with Crippen molar-refractivity contribution in [2.24, 2.45) is 0 Å². The normalized spacial score (nSPS) is 17.8. The van der Waals surface area contributed by atoms with Gasteiger partial charge >= 0.3 is 20.9 Å². The van der Waals surface area contributed by atoms with Gasteiger partial charge in [0.15, 0.2) is 0 Å². The molecule has 0 radical (unpaired) electrons. The molecule has 0 aromatic carbocycles. The minimum atomic E-state index is -6.23. The summed E-state index contributed by atoms with van der Waals surface area (Å²) in [6.45, 7) is 3.53. The zero-order valence-electron chi connectivity index (χ0n) is 17.4. The molecule has 176 valence electrons. The van der Waals surface area contributed by atoms with E-state index in [0.29, 0.717) is 39.9 Å². The van der Waals surface area contributed by atoms with Gasteiger partial charge in [-0.05, 0) is 12.8 Å². The lowest BCUT2D eigenvalue weighted by Crippen LogP contribution is -2.79. The molecule has 0 bridgehead atoms. The van der Waals surface area contributed by atoms with E-state index >= 15 is 8.78 Å². The van der Waals surface area contributed by atoms with Crippen LogP contribution in [0.4, 0.5) is 35.1 Å². The molecule has 0 fully saturated rings. The summed E-state index contributed by atoms with van der Waals surface area (Å²) in [6, 6.07) is 0. The molecule has 0 saturated heterocycles. The fourth-order valence-electron chi connectivity index (χ4n) is 3.62. The average Bonchev–Trinajstić information content (AvgIpc) is 2.62. The Kier molecular flexibility index (Phi) is 11.1. The van der Waals surface area contributed by atoms with Crippen LogP contribution in [-0.4, -0.2) is 45.7 Å². The summed E-state index contributed by atoms with van der Waals surface area (Å²) in [7, 11) is -5.29. The predicted molar refractivity (Wildman–Crippen MR) is 97.1 cm³/mol. The van der Waals surface area contributed by atoms with Crippen molar-refractivity contribution in [3.8, 4) is 0 Å². The van der Waals surface area contributed by atoms with Crippen molar-refractivity contribution in [3.63, 3.8) is 0 Å². The summed E-state index contributed by atoms with van der Waals surface area (Å²) in [5, 5.41) is -9.13. The van der Waals surface area contributed by atoms with Crippen LogP contribution in [0.25, 0.3) is 0 Å². The summed E-state index contributed by atoms with van der Waals surface area (Å²) in [5.41, 5.74) is 0. The molecule has 2 nitrogen and oxygen atoms in total. The van der Waals surface area contributed by atoms with Crippen molar-refractivity contribution < 1.29 is 44.0 Å². The second-order valence-corrected chi connectivity index (χ2v) is 10.9. The molecule has 0 rings (SSSR count). The number of unbranched alkanes of at least 4 members (excludes halogenated alkanes) is 6. The molecule has 2 unspecified atom stereocenters. The Morgan fingerprint density at radius 3 is 1.07 bits per heavy atom. The molecular weight excluding hydrogens is 428 g/mol. The lowest BCUT2D eigenvalue weighted by Gasteiger charge is -2.48. The van der Waals surface area contributed by atoms with Gasteiger partial charge in [0.1, 0.15) is 0 Å². The van der Waals surface area contributed by atoms with Gasteiger partial charge < -0.3 is 8.85 Å². The van der Waals surface area contributed by atoms with E-state index < -0.39 is 44.3 Å². The third-order valence-electron chi connectivity index (χ3n) is 5.27. The van der Waals surface area contributed by atoms with Gasteiger partial charge in [0.05, 0.1) is 0 Å². The molecular formula is C18H32F8O2Si. The van der Waals surface area contributed by atoms with Crippen LogP contribution in [0.5, 0.6) is 0 Å². The highest BCUT2D eigenvalue weighted by molar-refractivity contribution is 6.74. The topological polar surface area (TPSA) is 18.5 Å². The van der Waals surface area contributed by atoms with Crippen molar-refractivity contribution >= 4 is 8.56 Å². The molecule has 0 amide bonds. The van der Waals surface area contributed by atoms with E-state index in [1.165, 1.54) is 0 Å². The second kappa shape index (κ2) is 11.3. The van der Waals surface area contributed by atoms with E-state index in [2.05, 4.69) is 8.85 Å². The SMILES string of the molecule is CCCCCCC(F)(C(F)(F)F)[Si](OC)(OC)C(F)(CCCCCC)C(F)(F)F.